The average molecular weight is 234 g/mol. The van der Waals surface area contributed by atoms with Crippen LogP contribution in [-0.2, 0) is 9.59 Å². The maximum absolute atomic E-state index is 12.0. The zero-order chi connectivity index (χ0) is 13.0. The highest BCUT2D eigenvalue weighted by Crippen LogP contribution is 2.13. The lowest BCUT2D eigenvalue weighted by atomic mass is 10.1. The van der Waals surface area contributed by atoms with Gasteiger partial charge in [-0.1, -0.05) is 6.07 Å². The first kappa shape index (κ1) is 12.9. The summed E-state index contributed by atoms with van der Waals surface area (Å²) < 4.78 is 0. The van der Waals surface area contributed by atoms with Crippen molar-refractivity contribution < 1.29 is 14.7 Å². The van der Waals surface area contributed by atoms with E-state index in [-0.39, 0.29) is 17.1 Å². The lowest BCUT2D eigenvalue weighted by molar-refractivity contribution is -0.133. The number of pyridine rings is 1. The lowest BCUT2D eigenvalue weighted by Crippen LogP contribution is -2.28. The molecule has 0 atom stereocenters. The number of carboxylic acids is 1. The maximum Gasteiger partial charge on any atom is 0.331 e. The molecule has 0 aliphatic rings. The van der Waals surface area contributed by atoms with Gasteiger partial charge in [-0.2, -0.15) is 0 Å². The van der Waals surface area contributed by atoms with Gasteiger partial charge < -0.3 is 5.11 Å². The fraction of sp³-hybridized carbons (Fsp3) is 0.250. The molecule has 1 heterocycles. The van der Waals surface area contributed by atoms with Crippen LogP contribution in [-0.4, -0.2) is 29.0 Å². The topological polar surface area (TPSA) is 70.5 Å². The van der Waals surface area contributed by atoms with E-state index in [0.717, 1.165) is 0 Å². The number of aromatic nitrogens is 1. The molecule has 5 nitrogen and oxygen atoms in total. The van der Waals surface area contributed by atoms with Crippen LogP contribution in [0.15, 0.2) is 35.5 Å². The Balaban J connectivity index is 3.00. The van der Waals surface area contributed by atoms with Crippen LogP contribution in [0.2, 0.25) is 0 Å². The van der Waals surface area contributed by atoms with Crippen LogP contribution in [0.1, 0.15) is 13.8 Å². The van der Waals surface area contributed by atoms with E-state index in [2.05, 4.69) is 4.98 Å². The minimum Gasteiger partial charge on any atom is -0.478 e. The molecule has 1 rings (SSSR count). The molecule has 1 N–H and O–H groups in total. The number of carboxylic acid groups (broad SMARTS) is 1. The summed E-state index contributed by atoms with van der Waals surface area (Å²) in [4.78, 5) is 28.1. The Morgan fingerprint density at radius 3 is 2.35 bits per heavy atom. The fourth-order valence-corrected chi connectivity index (χ4v) is 1.23. The summed E-state index contributed by atoms with van der Waals surface area (Å²) >= 11 is 0. The molecule has 90 valence electrons. The Labute approximate surface area is 99.4 Å². The van der Waals surface area contributed by atoms with Crippen molar-refractivity contribution in [3.8, 4) is 0 Å². The van der Waals surface area contributed by atoms with Gasteiger partial charge in [0.2, 0.25) is 0 Å². The Bertz CT molecular complexity index is 466. The van der Waals surface area contributed by atoms with E-state index in [1.54, 1.807) is 31.4 Å². The minimum absolute atomic E-state index is 0.0396. The first-order valence-electron chi connectivity index (χ1n) is 5.05. The first-order chi connectivity index (χ1) is 7.95. The molecule has 1 amide bonds. The van der Waals surface area contributed by atoms with E-state index in [1.807, 2.05) is 0 Å². The van der Waals surface area contributed by atoms with Crippen LogP contribution in [0, 0.1) is 0 Å². The second-order valence-corrected chi connectivity index (χ2v) is 3.61. The normalized spacial score (nSPS) is 11.7. The number of aliphatic carboxylic acids is 1. The van der Waals surface area contributed by atoms with Crippen LogP contribution in [0.25, 0.3) is 0 Å². The summed E-state index contributed by atoms with van der Waals surface area (Å²) in [7, 11) is 1.56. The van der Waals surface area contributed by atoms with Crippen molar-refractivity contribution in [2.24, 2.45) is 0 Å². The third-order valence-corrected chi connectivity index (χ3v) is 2.50. The predicted octanol–water partition coefficient (Wildman–Crippen LogP) is 1.47. The summed E-state index contributed by atoms with van der Waals surface area (Å²) in [5, 5.41) is 8.81. The number of hydrogen-bond acceptors (Lipinski definition) is 3. The quantitative estimate of drug-likeness (QED) is 0.804. The van der Waals surface area contributed by atoms with E-state index < -0.39 is 5.97 Å². The van der Waals surface area contributed by atoms with Crippen LogP contribution in [0.3, 0.4) is 0 Å². The number of hydrogen-bond donors (Lipinski definition) is 1. The number of nitrogens with zero attached hydrogens (tertiary/aromatic N) is 2. The molecular formula is C12H14N2O3. The van der Waals surface area contributed by atoms with Crippen LogP contribution in [0.4, 0.5) is 5.82 Å². The summed E-state index contributed by atoms with van der Waals surface area (Å²) in [5.41, 5.74) is 0.239. The van der Waals surface area contributed by atoms with Crippen molar-refractivity contribution >= 4 is 17.7 Å². The van der Waals surface area contributed by atoms with Crippen LogP contribution < -0.4 is 4.90 Å². The third-order valence-electron chi connectivity index (χ3n) is 2.50. The fourth-order valence-electron chi connectivity index (χ4n) is 1.23. The lowest BCUT2D eigenvalue weighted by Gasteiger charge is -2.16. The van der Waals surface area contributed by atoms with Gasteiger partial charge in [0.15, 0.2) is 0 Å². The monoisotopic (exact) mass is 234 g/mol. The molecule has 0 saturated heterocycles. The van der Waals surface area contributed by atoms with Crippen molar-refractivity contribution in [2.75, 3.05) is 11.9 Å². The molecule has 0 aliphatic carbocycles. The largest absolute Gasteiger partial charge is 0.478 e. The molecule has 0 unspecified atom stereocenters. The van der Waals surface area contributed by atoms with Crippen molar-refractivity contribution in [2.45, 2.75) is 13.8 Å². The van der Waals surface area contributed by atoms with Crippen LogP contribution >= 0.6 is 0 Å². The maximum atomic E-state index is 12.0. The molecule has 0 fully saturated rings. The Morgan fingerprint density at radius 1 is 1.24 bits per heavy atom. The standard InChI is InChI=1S/C12H14N2O3/c1-8(9(2)12(16)17)11(15)14(3)10-6-4-5-7-13-10/h4-7H,1-3H3,(H,16,17). The molecule has 0 spiro atoms. The zero-order valence-corrected chi connectivity index (χ0v) is 9.97. The molecule has 0 radical (unpaired) electrons. The minimum atomic E-state index is -1.09. The third kappa shape index (κ3) is 2.90. The molecule has 1 aromatic heterocycles. The Hall–Kier alpha value is -2.17. The summed E-state index contributed by atoms with van der Waals surface area (Å²) in [6.07, 6.45) is 1.57. The van der Waals surface area contributed by atoms with Gasteiger partial charge in [-0.3, -0.25) is 9.69 Å². The number of rotatable bonds is 3. The molecule has 17 heavy (non-hydrogen) atoms. The smallest absolute Gasteiger partial charge is 0.331 e. The van der Waals surface area contributed by atoms with Crippen molar-refractivity contribution in [1.82, 2.24) is 4.98 Å². The highest BCUT2D eigenvalue weighted by atomic mass is 16.4. The van der Waals surface area contributed by atoms with Gasteiger partial charge in [-0.25, -0.2) is 9.78 Å². The Morgan fingerprint density at radius 2 is 1.88 bits per heavy atom. The van der Waals surface area contributed by atoms with Crippen molar-refractivity contribution in [3.63, 3.8) is 0 Å². The molecule has 0 aromatic carbocycles. The highest BCUT2D eigenvalue weighted by Gasteiger charge is 2.18. The molecule has 0 aliphatic heterocycles. The number of likely N-dealkylation sites (N-methyl/N-ethyl adjacent to an activating group) is 1. The van der Waals surface area contributed by atoms with Crippen molar-refractivity contribution in [1.29, 1.82) is 0 Å². The predicted molar refractivity (Wildman–Crippen MR) is 63.7 cm³/mol. The highest BCUT2D eigenvalue weighted by molar-refractivity contribution is 6.08. The van der Waals surface area contributed by atoms with E-state index in [0.29, 0.717) is 5.82 Å². The van der Waals surface area contributed by atoms with E-state index in [4.69, 9.17) is 5.11 Å². The first-order valence-corrected chi connectivity index (χ1v) is 5.05. The number of amides is 1. The zero-order valence-electron chi connectivity index (χ0n) is 9.97. The van der Waals surface area contributed by atoms with Gasteiger partial charge in [0.05, 0.1) is 0 Å². The SMILES string of the molecule is CC(C(=O)O)=C(C)C(=O)N(C)c1ccccn1. The molecule has 0 saturated carbocycles. The van der Waals surface area contributed by atoms with E-state index in [1.165, 1.54) is 18.7 Å². The van der Waals surface area contributed by atoms with Gasteiger partial charge in [-0.05, 0) is 26.0 Å². The summed E-state index contributed by atoms with van der Waals surface area (Å²) in [6, 6.07) is 5.18. The average Bonchev–Trinajstić information content (AvgIpc) is 2.36. The summed E-state index contributed by atoms with van der Waals surface area (Å²) in [6.45, 7) is 2.90. The number of carbonyl (C=O) groups is 2. The molecular weight excluding hydrogens is 220 g/mol. The Kier molecular flexibility index (Phi) is 3.98. The van der Waals surface area contributed by atoms with Gasteiger partial charge >= 0.3 is 5.97 Å². The van der Waals surface area contributed by atoms with E-state index in [9.17, 15) is 9.59 Å². The van der Waals surface area contributed by atoms with Gasteiger partial charge in [-0.15, -0.1) is 0 Å². The van der Waals surface area contributed by atoms with Gasteiger partial charge in [0.1, 0.15) is 5.82 Å². The van der Waals surface area contributed by atoms with Crippen molar-refractivity contribution in [3.05, 3.63) is 35.5 Å². The van der Waals surface area contributed by atoms with Gasteiger partial charge in [0, 0.05) is 24.4 Å². The molecule has 5 heteroatoms. The summed E-state index contributed by atoms with van der Waals surface area (Å²) in [5.74, 6) is -0.982. The molecule has 0 bridgehead atoms. The second-order valence-electron chi connectivity index (χ2n) is 3.61. The molecule has 1 aromatic rings. The van der Waals surface area contributed by atoms with E-state index >= 15 is 0 Å². The second kappa shape index (κ2) is 5.25. The van der Waals surface area contributed by atoms with Gasteiger partial charge in [0.25, 0.3) is 5.91 Å². The van der Waals surface area contributed by atoms with Crippen LogP contribution in [0.5, 0.6) is 0 Å². The number of anilines is 1. The number of carbonyl (C=O) groups excluding carboxylic acids is 1.